The normalized spacial score (nSPS) is 10.7. The molecule has 0 fully saturated rings. The van der Waals surface area contributed by atoms with Gasteiger partial charge in [-0.15, -0.1) is 5.10 Å². The molecule has 0 atom stereocenters. The molecular weight excluding hydrogens is 242 g/mol. The topological polar surface area (TPSA) is 68.0 Å². The summed E-state index contributed by atoms with van der Waals surface area (Å²) < 4.78 is 1.67. The number of rotatable bonds is 4. The van der Waals surface area contributed by atoms with Crippen molar-refractivity contribution in [2.45, 2.75) is 33.7 Å². The van der Waals surface area contributed by atoms with Crippen LogP contribution in [0.2, 0.25) is 0 Å². The molecule has 0 radical (unpaired) electrons. The molecule has 1 aromatic heterocycles. The van der Waals surface area contributed by atoms with Gasteiger partial charge in [-0.25, -0.2) is 9.48 Å². The third kappa shape index (κ3) is 2.65. The summed E-state index contributed by atoms with van der Waals surface area (Å²) in [6.07, 6.45) is 0.597. The van der Waals surface area contributed by atoms with Crippen LogP contribution in [0, 0.1) is 13.8 Å². The molecule has 0 aliphatic carbocycles. The van der Waals surface area contributed by atoms with Gasteiger partial charge in [0.2, 0.25) is 0 Å². The Morgan fingerprint density at radius 3 is 2.68 bits per heavy atom. The Morgan fingerprint density at radius 2 is 2.11 bits per heavy atom. The van der Waals surface area contributed by atoms with E-state index in [1.807, 2.05) is 32.9 Å². The molecule has 0 aliphatic heterocycles. The predicted molar refractivity (Wildman–Crippen MR) is 71.4 cm³/mol. The SMILES string of the molecule is CCc1c(C(=O)O)nnn1Cc1ccc(C)cc1C. The lowest BCUT2D eigenvalue weighted by molar-refractivity contribution is 0.0689. The fraction of sp³-hybridized carbons (Fsp3) is 0.357. The van der Waals surface area contributed by atoms with Crippen LogP contribution < -0.4 is 0 Å². The van der Waals surface area contributed by atoms with Gasteiger partial charge in [-0.2, -0.15) is 0 Å². The second kappa shape index (κ2) is 5.22. The van der Waals surface area contributed by atoms with Crippen molar-refractivity contribution in [3.8, 4) is 0 Å². The summed E-state index contributed by atoms with van der Waals surface area (Å²) in [5.74, 6) is -1.02. The van der Waals surface area contributed by atoms with E-state index >= 15 is 0 Å². The first kappa shape index (κ1) is 13.3. The summed E-state index contributed by atoms with van der Waals surface area (Å²) in [6, 6.07) is 6.20. The predicted octanol–water partition coefficient (Wildman–Crippen LogP) is 2.20. The number of aromatic nitrogens is 3. The van der Waals surface area contributed by atoms with E-state index in [2.05, 4.69) is 16.4 Å². The average Bonchev–Trinajstić information content (AvgIpc) is 2.75. The molecule has 0 amide bonds. The Hall–Kier alpha value is -2.17. The number of carboxylic acid groups (broad SMARTS) is 1. The van der Waals surface area contributed by atoms with Crippen molar-refractivity contribution in [2.24, 2.45) is 0 Å². The molecule has 5 heteroatoms. The van der Waals surface area contributed by atoms with Crippen LogP contribution in [0.1, 0.15) is 39.8 Å². The van der Waals surface area contributed by atoms with Crippen LogP contribution in [0.25, 0.3) is 0 Å². The maximum Gasteiger partial charge on any atom is 0.358 e. The Labute approximate surface area is 111 Å². The minimum Gasteiger partial charge on any atom is -0.476 e. The van der Waals surface area contributed by atoms with Gasteiger partial charge in [0.15, 0.2) is 5.69 Å². The summed E-state index contributed by atoms with van der Waals surface area (Å²) in [7, 11) is 0. The third-order valence-corrected chi connectivity index (χ3v) is 3.19. The maximum atomic E-state index is 11.0. The van der Waals surface area contributed by atoms with Crippen LogP contribution in [0.15, 0.2) is 18.2 Å². The summed E-state index contributed by atoms with van der Waals surface area (Å²) in [4.78, 5) is 11.0. The lowest BCUT2D eigenvalue weighted by atomic mass is 10.1. The number of carbonyl (C=O) groups is 1. The summed E-state index contributed by atoms with van der Waals surface area (Å²) in [5.41, 5.74) is 4.22. The van der Waals surface area contributed by atoms with Crippen molar-refractivity contribution < 1.29 is 9.90 Å². The van der Waals surface area contributed by atoms with Gasteiger partial charge in [0.25, 0.3) is 0 Å². The highest BCUT2D eigenvalue weighted by Gasteiger charge is 2.17. The van der Waals surface area contributed by atoms with Gasteiger partial charge in [-0.3, -0.25) is 0 Å². The van der Waals surface area contributed by atoms with Gasteiger partial charge in [0.1, 0.15) is 0 Å². The van der Waals surface area contributed by atoms with Crippen molar-refractivity contribution in [3.63, 3.8) is 0 Å². The quantitative estimate of drug-likeness (QED) is 0.914. The standard InChI is InChI=1S/C14H17N3O2/c1-4-12-13(14(18)19)15-16-17(12)8-11-6-5-9(2)7-10(11)3/h5-7H,4,8H2,1-3H3,(H,18,19). The molecule has 5 nitrogen and oxygen atoms in total. The Kier molecular flexibility index (Phi) is 3.64. The van der Waals surface area contributed by atoms with Crippen molar-refractivity contribution in [1.29, 1.82) is 0 Å². The highest BCUT2D eigenvalue weighted by molar-refractivity contribution is 5.86. The number of aromatic carboxylic acids is 1. The van der Waals surface area contributed by atoms with E-state index in [-0.39, 0.29) is 5.69 Å². The van der Waals surface area contributed by atoms with Crippen molar-refractivity contribution in [3.05, 3.63) is 46.3 Å². The maximum absolute atomic E-state index is 11.0. The van der Waals surface area contributed by atoms with E-state index in [0.29, 0.717) is 18.7 Å². The van der Waals surface area contributed by atoms with Crippen LogP contribution in [0.5, 0.6) is 0 Å². The molecule has 0 aliphatic rings. The molecule has 0 saturated heterocycles. The van der Waals surface area contributed by atoms with E-state index < -0.39 is 5.97 Å². The number of aryl methyl sites for hydroxylation is 2. The molecule has 2 aromatic rings. The molecule has 2 rings (SSSR count). The Bertz CT molecular complexity index is 617. The molecule has 0 saturated carbocycles. The Balaban J connectivity index is 2.35. The van der Waals surface area contributed by atoms with Crippen molar-refractivity contribution >= 4 is 5.97 Å². The number of carboxylic acids is 1. The molecule has 1 N–H and O–H groups in total. The average molecular weight is 259 g/mol. The second-order valence-corrected chi connectivity index (χ2v) is 4.63. The zero-order valence-corrected chi connectivity index (χ0v) is 11.3. The minimum absolute atomic E-state index is 0.0484. The molecule has 1 aromatic carbocycles. The molecule has 100 valence electrons. The largest absolute Gasteiger partial charge is 0.476 e. The summed E-state index contributed by atoms with van der Waals surface area (Å²) >= 11 is 0. The van der Waals surface area contributed by atoms with E-state index in [1.54, 1.807) is 4.68 Å². The van der Waals surface area contributed by atoms with Gasteiger partial charge in [-0.05, 0) is 31.4 Å². The minimum atomic E-state index is -1.02. The van der Waals surface area contributed by atoms with Crippen molar-refractivity contribution in [1.82, 2.24) is 15.0 Å². The molecule has 0 bridgehead atoms. The molecule has 0 spiro atoms. The molecule has 0 unspecified atom stereocenters. The van der Waals surface area contributed by atoms with E-state index in [1.165, 1.54) is 11.1 Å². The van der Waals surface area contributed by atoms with Gasteiger partial charge in [-0.1, -0.05) is 35.9 Å². The monoisotopic (exact) mass is 259 g/mol. The second-order valence-electron chi connectivity index (χ2n) is 4.63. The van der Waals surface area contributed by atoms with E-state index in [9.17, 15) is 4.79 Å². The van der Waals surface area contributed by atoms with Crippen molar-refractivity contribution in [2.75, 3.05) is 0 Å². The molecule has 19 heavy (non-hydrogen) atoms. The number of nitrogens with zero attached hydrogens (tertiary/aromatic N) is 3. The number of hydrogen-bond acceptors (Lipinski definition) is 3. The number of benzene rings is 1. The zero-order chi connectivity index (χ0) is 14.0. The third-order valence-electron chi connectivity index (χ3n) is 3.19. The highest BCUT2D eigenvalue weighted by atomic mass is 16.4. The first-order valence-electron chi connectivity index (χ1n) is 6.24. The van der Waals surface area contributed by atoms with Gasteiger partial charge in [0, 0.05) is 0 Å². The van der Waals surface area contributed by atoms with Gasteiger partial charge in [0.05, 0.1) is 12.2 Å². The van der Waals surface area contributed by atoms with Gasteiger partial charge < -0.3 is 5.11 Å². The lowest BCUT2D eigenvalue weighted by Crippen LogP contribution is -2.09. The summed E-state index contributed by atoms with van der Waals surface area (Å²) in [6.45, 7) is 6.55. The van der Waals surface area contributed by atoms with E-state index in [0.717, 1.165) is 5.56 Å². The zero-order valence-electron chi connectivity index (χ0n) is 11.3. The highest BCUT2D eigenvalue weighted by Crippen LogP contribution is 2.14. The van der Waals surface area contributed by atoms with Crippen LogP contribution in [0.3, 0.4) is 0 Å². The van der Waals surface area contributed by atoms with Gasteiger partial charge >= 0.3 is 5.97 Å². The van der Waals surface area contributed by atoms with Crippen LogP contribution in [0.4, 0.5) is 0 Å². The molecular formula is C14H17N3O2. The number of hydrogen-bond donors (Lipinski definition) is 1. The first-order chi connectivity index (χ1) is 9.02. The molecule has 1 heterocycles. The lowest BCUT2D eigenvalue weighted by Gasteiger charge is -2.09. The van der Waals surface area contributed by atoms with E-state index in [4.69, 9.17) is 5.11 Å². The summed E-state index contributed by atoms with van der Waals surface area (Å²) in [5, 5.41) is 16.7. The van der Waals surface area contributed by atoms with Crippen LogP contribution in [-0.4, -0.2) is 26.1 Å². The first-order valence-corrected chi connectivity index (χ1v) is 6.24. The van der Waals surface area contributed by atoms with Crippen LogP contribution in [-0.2, 0) is 13.0 Å². The smallest absolute Gasteiger partial charge is 0.358 e. The Morgan fingerprint density at radius 1 is 1.37 bits per heavy atom. The van der Waals surface area contributed by atoms with Crippen LogP contribution >= 0.6 is 0 Å². The fourth-order valence-corrected chi connectivity index (χ4v) is 2.16. The fourth-order valence-electron chi connectivity index (χ4n) is 2.16.